The smallest absolute Gasteiger partial charge is 0.253 e. The van der Waals surface area contributed by atoms with Crippen LogP contribution in [0.25, 0.3) is 0 Å². The minimum atomic E-state index is -0.0385. The molecule has 1 amide bonds. The van der Waals surface area contributed by atoms with E-state index in [1.807, 2.05) is 33.2 Å². The molecule has 0 saturated heterocycles. The molecule has 4 nitrogen and oxygen atoms in total. The molecule has 1 aromatic heterocycles. The van der Waals surface area contributed by atoms with Crippen molar-refractivity contribution in [2.45, 2.75) is 20.0 Å². The molecule has 0 fully saturated rings. The van der Waals surface area contributed by atoms with Gasteiger partial charge in [-0.1, -0.05) is 24.3 Å². The molecule has 20 heavy (non-hydrogen) atoms. The van der Waals surface area contributed by atoms with Gasteiger partial charge in [0.25, 0.3) is 5.91 Å². The van der Waals surface area contributed by atoms with E-state index in [9.17, 15) is 4.79 Å². The molecule has 2 rings (SSSR count). The SMILES string of the molecule is Cc1[nH]ccc1C(=O)NCc1ccccc1CN(C)C. The van der Waals surface area contributed by atoms with Crippen molar-refractivity contribution < 1.29 is 4.79 Å². The number of hydrogen-bond donors (Lipinski definition) is 2. The standard InChI is InChI=1S/C16H21N3O/c1-12-15(8-9-17-12)16(20)18-10-13-6-4-5-7-14(13)11-19(2)3/h4-9,17H,10-11H2,1-3H3,(H,18,20). The summed E-state index contributed by atoms with van der Waals surface area (Å²) in [4.78, 5) is 17.2. The van der Waals surface area contributed by atoms with Crippen molar-refractivity contribution in [2.75, 3.05) is 14.1 Å². The molecule has 4 heteroatoms. The second kappa shape index (κ2) is 6.39. The van der Waals surface area contributed by atoms with E-state index in [2.05, 4.69) is 27.3 Å². The number of aromatic nitrogens is 1. The lowest BCUT2D eigenvalue weighted by molar-refractivity contribution is 0.0950. The van der Waals surface area contributed by atoms with Gasteiger partial charge in [-0.3, -0.25) is 4.79 Å². The van der Waals surface area contributed by atoms with Crippen LogP contribution in [0.2, 0.25) is 0 Å². The number of nitrogens with zero attached hydrogens (tertiary/aromatic N) is 1. The number of hydrogen-bond acceptors (Lipinski definition) is 2. The van der Waals surface area contributed by atoms with Crippen molar-refractivity contribution >= 4 is 5.91 Å². The molecule has 0 aliphatic heterocycles. The maximum Gasteiger partial charge on any atom is 0.253 e. The molecule has 106 valence electrons. The van der Waals surface area contributed by atoms with E-state index in [0.29, 0.717) is 12.1 Å². The summed E-state index contributed by atoms with van der Waals surface area (Å²) in [7, 11) is 4.08. The molecule has 0 spiro atoms. The monoisotopic (exact) mass is 271 g/mol. The maximum atomic E-state index is 12.1. The van der Waals surface area contributed by atoms with Crippen molar-refractivity contribution in [2.24, 2.45) is 0 Å². The van der Waals surface area contributed by atoms with Crippen LogP contribution in [0.15, 0.2) is 36.5 Å². The van der Waals surface area contributed by atoms with Crippen molar-refractivity contribution in [3.8, 4) is 0 Å². The third kappa shape index (κ3) is 3.48. The van der Waals surface area contributed by atoms with E-state index in [0.717, 1.165) is 17.8 Å². The molecule has 0 aliphatic carbocycles. The number of carbonyl (C=O) groups is 1. The van der Waals surface area contributed by atoms with Crippen molar-refractivity contribution in [3.63, 3.8) is 0 Å². The van der Waals surface area contributed by atoms with Crippen LogP contribution in [0.5, 0.6) is 0 Å². The molecule has 0 aliphatic rings. The molecule has 1 heterocycles. The first-order chi connectivity index (χ1) is 9.58. The molecule has 0 bridgehead atoms. The Hall–Kier alpha value is -2.07. The third-order valence-corrected chi connectivity index (χ3v) is 3.24. The lowest BCUT2D eigenvalue weighted by atomic mass is 10.1. The topological polar surface area (TPSA) is 48.1 Å². The summed E-state index contributed by atoms with van der Waals surface area (Å²) < 4.78 is 0. The Morgan fingerprint density at radius 1 is 1.20 bits per heavy atom. The minimum Gasteiger partial charge on any atom is -0.365 e. The van der Waals surface area contributed by atoms with Gasteiger partial charge in [0.05, 0.1) is 5.56 Å². The van der Waals surface area contributed by atoms with Crippen molar-refractivity contribution in [1.29, 1.82) is 0 Å². The molecule has 0 radical (unpaired) electrons. The number of carbonyl (C=O) groups excluding carboxylic acids is 1. The molecular weight excluding hydrogens is 250 g/mol. The fraction of sp³-hybridized carbons (Fsp3) is 0.312. The quantitative estimate of drug-likeness (QED) is 0.876. The van der Waals surface area contributed by atoms with Crippen LogP contribution in [-0.4, -0.2) is 29.9 Å². The molecule has 1 aromatic carbocycles. The molecule has 0 unspecified atom stereocenters. The predicted octanol–water partition coefficient (Wildman–Crippen LogP) is 2.31. The van der Waals surface area contributed by atoms with Crippen LogP contribution in [0, 0.1) is 6.92 Å². The number of aryl methyl sites for hydroxylation is 1. The number of rotatable bonds is 5. The van der Waals surface area contributed by atoms with Gasteiger partial charge < -0.3 is 15.2 Å². The van der Waals surface area contributed by atoms with Gasteiger partial charge in [0.1, 0.15) is 0 Å². The average Bonchev–Trinajstić information content (AvgIpc) is 2.83. The summed E-state index contributed by atoms with van der Waals surface area (Å²) in [6.07, 6.45) is 1.78. The van der Waals surface area contributed by atoms with Crippen LogP contribution in [0.3, 0.4) is 0 Å². The van der Waals surface area contributed by atoms with Crippen molar-refractivity contribution in [3.05, 3.63) is 58.9 Å². The van der Waals surface area contributed by atoms with Gasteiger partial charge in [-0.05, 0) is 38.2 Å². The summed E-state index contributed by atoms with van der Waals surface area (Å²) in [5.74, 6) is -0.0385. The average molecular weight is 271 g/mol. The van der Waals surface area contributed by atoms with E-state index in [4.69, 9.17) is 0 Å². The summed E-state index contributed by atoms with van der Waals surface area (Å²) in [6.45, 7) is 3.32. The zero-order valence-electron chi connectivity index (χ0n) is 12.2. The Balaban J connectivity index is 2.04. The lowest BCUT2D eigenvalue weighted by Gasteiger charge is -2.14. The summed E-state index contributed by atoms with van der Waals surface area (Å²) in [6, 6.07) is 9.99. The van der Waals surface area contributed by atoms with E-state index >= 15 is 0 Å². The van der Waals surface area contributed by atoms with Gasteiger partial charge in [0, 0.05) is 25.0 Å². The number of aromatic amines is 1. The summed E-state index contributed by atoms with van der Waals surface area (Å²) >= 11 is 0. The van der Waals surface area contributed by atoms with Gasteiger partial charge in [0.15, 0.2) is 0 Å². The van der Waals surface area contributed by atoms with Gasteiger partial charge in [0.2, 0.25) is 0 Å². The van der Waals surface area contributed by atoms with E-state index in [-0.39, 0.29) is 5.91 Å². The predicted molar refractivity (Wildman–Crippen MR) is 80.5 cm³/mol. The number of amides is 1. The minimum absolute atomic E-state index is 0.0385. The normalized spacial score (nSPS) is 10.8. The highest BCUT2D eigenvalue weighted by molar-refractivity contribution is 5.95. The zero-order chi connectivity index (χ0) is 14.5. The molecule has 2 N–H and O–H groups in total. The number of benzene rings is 1. The van der Waals surface area contributed by atoms with Gasteiger partial charge in [-0.25, -0.2) is 0 Å². The number of H-pyrrole nitrogens is 1. The van der Waals surface area contributed by atoms with Crippen LogP contribution >= 0.6 is 0 Å². The maximum absolute atomic E-state index is 12.1. The van der Waals surface area contributed by atoms with Crippen LogP contribution in [0.1, 0.15) is 27.2 Å². The van der Waals surface area contributed by atoms with Crippen molar-refractivity contribution in [1.82, 2.24) is 15.2 Å². The third-order valence-electron chi connectivity index (χ3n) is 3.24. The van der Waals surface area contributed by atoms with Gasteiger partial charge in [-0.15, -0.1) is 0 Å². The highest BCUT2D eigenvalue weighted by Crippen LogP contribution is 2.11. The Kier molecular flexibility index (Phi) is 4.58. The van der Waals surface area contributed by atoms with E-state index in [1.165, 1.54) is 5.56 Å². The van der Waals surface area contributed by atoms with Crippen LogP contribution < -0.4 is 5.32 Å². The Labute approximate surface area is 119 Å². The van der Waals surface area contributed by atoms with E-state index in [1.54, 1.807) is 12.3 Å². The lowest BCUT2D eigenvalue weighted by Crippen LogP contribution is -2.24. The highest BCUT2D eigenvalue weighted by Gasteiger charge is 2.10. The first-order valence-corrected chi connectivity index (χ1v) is 6.71. The molecular formula is C16H21N3O. The fourth-order valence-corrected chi connectivity index (χ4v) is 2.19. The zero-order valence-corrected chi connectivity index (χ0v) is 12.2. The largest absolute Gasteiger partial charge is 0.365 e. The second-order valence-electron chi connectivity index (χ2n) is 5.21. The van der Waals surface area contributed by atoms with E-state index < -0.39 is 0 Å². The van der Waals surface area contributed by atoms with Gasteiger partial charge >= 0.3 is 0 Å². The number of nitrogens with one attached hydrogen (secondary N) is 2. The Bertz CT molecular complexity index is 587. The van der Waals surface area contributed by atoms with Crippen LogP contribution in [-0.2, 0) is 13.1 Å². The molecule has 2 aromatic rings. The Morgan fingerprint density at radius 2 is 1.90 bits per heavy atom. The summed E-state index contributed by atoms with van der Waals surface area (Å²) in [5.41, 5.74) is 3.99. The first-order valence-electron chi connectivity index (χ1n) is 6.71. The first kappa shape index (κ1) is 14.3. The molecule has 0 atom stereocenters. The Morgan fingerprint density at radius 3 is 2.50 bits per heavy atom. The van der Waals surface area contributed by atoms with Gasteiger partial charge in [-0.2, -0.15) is 0 Å². The fourth-order valence-electron chi connectivity index (χ4n) is 2.19. The van der Waals surface area contributed by atoms with Crippen LogP contribution in [0.4, 0.5) is 0 Å². The second-order valence-corrected chi connectivity index (χ2v) is 5.21. The summed E-state index contributed by atoms with van der Waals surface area (Å²) in [5, 5.41) is 2.98. The molecule has 0 saturated carbocycles. The highest BCUT2D eigenvalue weighted by atomic mass is 16.1.